The second-order valence-electron chi connectivity index (χ2n) is 7.48. The Balaban J connectivity index is 1.86. The molecule has 144 valence electrons. The van der Waals surface area contributed by atoms with Crippen molar-refractivity contribution >= 4 is 27.9 Å². The maximum atomic E-state index is 12.4. The van der Waals surface area contributed by atoms with Crippen LogP contribution in [0.25, 0.3) is 44.5 Å². The number of pyridine rings is 1. The number of nitrogens with one attached hydrogen (secondary N) is 1. The smallest absolute Gasteiger partial charge is 0.328 e. The van der Waals surface area contributed by atoms with Gasteiger partial charge in [-0.05, 0) is 48.4 Å². The Bertz CT molecular complexity index is 1470. The number of aromatic amines is 1. The predicted molar refractivity (Wildman–Crippen MR) is 118 cm³/mol. The van der Waals surface area contributed by atoms with Crippen LogP contribution in [0.5, 0.6) is 0 Å². The average molecular weight is 383 g/mol. The molecule has 29 heavy (non-hydrogen) atoms. The number of benzene rings is 2. The van der Waals surface area contributed by atoms with E-state index < -0.39 is 0 Å². The van der Waals surface area contributed by atoms with Crippen molar-refractivity contribution in [3.05, 3.63) is 70.6 Å². The number of H-pyrrole nitrogens is 1. The van der Waals surface area contributed by atoms with Gasteiger partial charge >= 0.3 is 5.69 Å². The van der Waals surface area contributed by atoms with Gasteiger partial charge in [-0.25, -0.2) is 9.78 Å². The summed E-state index contributed by atoms with van der Waals surface area (Å²) in [5.41, 5.74) is 13.8. The van der Waals surface area contributed by atoms with Gasteiger partial charge in [-0.1, -0.05) is 29.8 Å². The van der Waals surface area contributed by atoms with Crippen molar-refractivity contribution in [1.29, 1.82) is 0 Å². The Hall–Kier alpha value is -3.80. The van der Waals surface area contributed by atoms with Crippen LogP contribution < -0.4 is 11.4 Å². The Labute approximate surface area is 167 Å². The highest BCUT2D eigenvalue weighted by molar-refractivity contribution is 6.04. The first kappa shape index (κ1) is 17.3. The van der Waals surface area contributed by atoms with Crippen LogP contribution in [0.15, 0.2) is 59.4 Å². The van der Waals surface area contributed by atoms with Gasteiger partial charge in [0, 0.05) is 25.0 Å². The molecule has 0 aliphatic heterocycles. The number of anilines is 1. The van der Waals surface area contributed by atoms with E-state index in [0.29, 0.717) is 5.82 Å². The third-order valence-corrected chi connectivity index (χ3v) is 5.55. The molecule has 5 rings (SSSR count). The van der Waals surface area contributed by atoms with Crippen LogP contribution in [0.3, 0.4) is 0 Å². The maximum Gasteiger partial charge on any atom is 0.328 e. The van der Waals surface area contributed by atoms with Crippen molar-refractivity contribution < 1.29 is 0 Å². The van der Waals surface area contributed by atoms with Gasteiger partial charge in [0.05, 0.1) is 16.7 Å². The van der Waals surface area contributed by atoms with E-state index in [1.807, 2.05) is 24.3 Å². The molecule has 0 aliphatic rings. The van der Waals surface area contributed by atoms with Crippen LogP contribution in [0.4, 0.5) is 5.82 Å². The van der Waals surface area contributed by atoms with E-state index in [0.717, 1.165) is 44.5 Å². The largest absolute Gasteiger partial charge is 0.384 e. The molecule has 0 radical (unpaired) electrons. The number of hydrogen-bond donors (Lipinski definition) is 2. The summed E-state index contributed by atoms with van der Waals surface area (Å²) in [6.45, 7) is 2.08. The van der Waals surface area contributed by atoms with Gasteiger partial charge in [-0.3, -0.25) is 9.13 Å². The summed E-state index contributed by atoms with van der Waals surface area (Å²) in [6.07, 6.45) is 0. The quantitative estimate of drug-likeness (QED) is 0.484. The highest BCUT2D eigenvalue weighted by atomic mass is 16.1. The fourth-order valence-electron chi connectivity index (χ4n) is 4.07. The molecule has 2 aromatic carbocycles. The highest BCUT2D eigenvalue weighted by Crippen LogP contribution is 2.39. The number of aryl methyl sites for hydroxylation is 3. The van der Waals surface area contributed by atoms with Gasteiger partial charge in [-0.2, -0.15) is 0 Å². The molecule has 0 unspecified atom stereocenters. The second kappa shape index (κ2) is 6.10. The zero-order chi connectivity index (χ0) is 20.3. The normalized spacial score (nSPS) is 11.6. The molecule has 5 aromatic rings. The topological polar surface area (TPSA) is 81.6 Å². The third-order valence-electron chi connectivity index (χ3n) is 5.55. The molecule has 0 fully saturated rings. The molecule has 0 aliphatic carbocycles. The molecule has 3 N–H and O–H groups in total. The number of hydrogen-bond acceptors (Lipinski definition) is 3. The Morgan fingerprint density at radius 2 is 1.72 bits per heavy atom. The summed E-state index contributed by atoms with van der Waals surface area (Å²) in [7, 11) is 3.59. The molecule has 6 heteroatoms. The predicted octanol–water partition coefficient (Wildman–Crippen LogP) is 3.98. The van der Waals surface area contributed by atoms with Crippen LogP contribution >= 0.6 is 0 Å². The lowest BCUT2D eigenvalue weighted by molar-refractivity contribution is 0.795. The Morgan fingerprint density at radius 3 is 2.52 bits per heavy atom. The number of rotatable bonds is 2. The van der Waals surface area contributed by atoms with E-state index in [-0.39, 0.29) is 5.69 Å². The van der Waals surface area contributed by atoms with Crippen molar-refractivity contribution in [1.82, 2.24) is 19.1 Å². The second-order valence-corrected chi connectivity index (χ2v) is 7.48. The first-order chi connectivity index (χ1) is 13.9. The van der Waals surface area contributed by atoms with Gasteiger partial charge in [0.2, 0.25) is 0 Å². The van der Waals surface area contributed by atoms with Gasteiger partial charge in [-0.15, -0.1) is 0 Å². The van der Waals surface area contributed by atoms with E-state index >= 15 is 0 Å². The number of fused-ring (bicyclic) bond motifs is 2. The number of imidazole rings is 1. The van der Waals surface area contributed by atoms with Gasteiger partial charge in [0.1, 0.15) is 11.5 Å². The number of nitrogen functional groups attached to an aromatic ring is 1. The zero-order valence-electron chi connectivity index (χ0n) is 16.5. The van der Waals surface area contributed by atoms with Gasteiger partial charge < -0.3 is 10.7 Å². The third kappa shape index (κ3) is 2.56. The molecule has 0 spiro atoms. The minimum Gasteiger partial charge on any atom is -0.384 e. The van der Waals surface area contributed by atoms with E-state index in [1.165, 1.54) is 5.56 Å². The summed E-state index contributed by atoms with van der Waals surface area (Å²) < 4.78 is 3.34. The molecule has 0 amide bonds. The molecule has 3 heterocycles. The average Bonchev–Trinajstić information content (AvgIpc) is 3.19. The van der Waals surface area contributed by atoms with Crippen LogP contribution in [0, 0.1) is 6.92 Å². The summed E-state index contributed by atoms with van der Waals surface area (Å²) in [5, 5.41) is 0.996. The van der Waals surface area contributed by atoms with E-state index in [2.05, 4.69) is 47.2 Å². The first-order valence-corrected chi connectivity index (χ1v) is 9.45. The number of aromatic nitrogens is 4. The van der Waals surface area contributed by atoms with Crippen LogP contribution in [-0.2, 0) is 14.1 Å². The summed E-state index contributed by atoms with van der Waals surface area (Å²) in [5.74, 6) is 0.474. The van der Waals surface area contributed by atoms with E-state index in [1.54, 1.807) is 23.2 Å². The van der Waals surface area contributed by atoms with Crippen LogP contribution in [-0.4, -0.2) is 19.1 Å². The molecule has 0 atom stereocenters. The molecule has 0 saturated heterocycles. The van der Waals surface area contributed by atoms with Crippen molar-refractivity contribution in [3.63, 3.8) is 0 Å². The summed E-state index contributed by atoms with van der Waals surface area (Å²) >= 11 is 0. The van der Waals surface area contributed by atoms with Crippen molar-refractivity contribution in [2.24, 2.45) is 14.1 Å². The van der Waals surface area contributed by atoms with Crippen LogP contribution in [0.2, 0.25) is 0 Å². The monoisotopic (exact) mass is 383 g/mol. The lowest BCUT2D eigenvalue weighted by atomic mass is 9.97. The minimum absolute atomic E-state index is 0.0376. The Kier molecular flexibility index (Phi) is 3.64. The number of nitrogens with two attached hydrogens (primary N) is 1. The summed E-state index contributed by atoms with van der Waals surface area (Å²) in [6, 6.07) is 18.3. The van der Waals surface area contributed by atoms with Gasteiger partial charge in [0.15, 0.2) is 0 Å². The first-order valence-electron chi connectivity index (χ1n) is 9.45. The van der Waals surface area contributed by atoms with E-state index in [9.17, 15) is 4.79 Å². The highest BCUT2D eigenvalue weighted by Gasteiger charge is 2.18. The maximum absolute atomic E-state index is 12.4. The van der Waals surface area contributed by atoms with Crippen LogP contribution in [0.1, 0.15) is 5.56 Å². The lowest BCUT2D eigenvalue weighted by Crippen LogP contribution is -2.19. The summed E-state index contributed by atoms with van der Waals surface area (Å²) in [4.78, 5) is 20.3. The van der Waals surface area contributed by atoms with Crippen molar-refractivity contribution in [3.8, 4) is 22.4 Å². The standard InChI is InChI=1S/C23H21N5O/c1-13-5-4-6-15(11-13)21-20(16-8-10-19(24)25-22(16)26-21)14-7-9-17-18(12-14)28(3)23(29)27(17)2/h4-12H,1-3H3,(H3,24,25,26). The molecule has 6 nitrogen and oxygen atoms in total. The van der Waals surface area contributed by atoms with Crippen molar-refractivity contribution in [2.45, 2.75) is 6.92 Å². The fraction of sp³-hybridized carbons (Fsp3) is 0.130. The molecular weight excluding hydrogens is 362 g/mol. The molecule has 0 saturated carbocycles. The van der Waals surface area contributed by atoms with Gasteiger partial charge in [0.25, 0.3) is 0 Å². The molecule has 3 aromatic heterocycles. The SMILES string of the molecule is Cc1cccc(-c2[nH]c3nc(N)ccc3c2-c2ccc3c(c2)n(C)c(=O)n3C)c1. The van der Waals surface area contributed by atoms with Crippen molar-refractivity contribution in [2.75, 3.05) is 5.73 Å². The number of nitrogens with zero attached hydrogens (tertiary/aromatic N) is 3. The lowest BCUT2D eigenvalue weighted by Gasteiger charge is -2.08. The van der Waals surface area contributed by atoms with E-state index in [4.69, 9.17) is 5.73 Å². The Morgan fingerprint density at radius 1 is 0.931 bits per heavy atom. The minimum atomic E-state index is -0.0376. The molecule has 0 bridgehead atoms. The fourth-order valence-corrected chi connectivity index (χ4v) is 4.07. The zero-order valence-corrected chi connectivity index (χ0v) is 16.5. The molecular formula is C23H21N5O.